The molecule has 0 saturated heterocycles. The van der Waals surface area contributed by atoms with Crippen LogP contribution in [0.3, 0.4) is 0 Å². The molecule has 3 aromatic rings. The van der Waals surface area contributed by atoms with E-state index in [2.05, 4.69) is 106 Å². The summed E-state index contributed by atoms with van der Waals surface area (Å²) in [7, 11) is -1.08. The summed E-state index contributed by atoms with van der Waals surface area (Å²) in [5.74, 6) is 0.960. The van der Waals surface area contributed by atoms with Gasteiger partial charge >= 0.3 is 0 Å². The van der Waals surface area contributed by atoms with Crippen molar-refractivity contribution in [2.24, 2.45) is 0 Å². The number of benzene rings is 3. The summed E-state index contributed by atoms with van der Waals surface area (Å²) in [5.41, 5.74) is 2.04. The lowest BCUT2D eigenvalue weighted by atomic mass is 10.0. The Labute approximate surface area is 284 Å². The number of amides is 1. The molecule has 0 heterocycles. The Morgan fingerprint density at radius 2 is 1.51 bits per heavy atom. The van der Waals surface area contributed by atoms with Crippen LogP contribution in [0.4, 0.5) is 5.69 Å². The van der Waals surface area contributed by atoms with Crippen molar-refractivity contribution in [2.75, 3.05) is 12.4 Å². The van der Waals surface area contributed by atoms with Gasteiger partial charge in [-0.15, -0.1) is 6.58 Å². The second kappa shape index (κ2) is 17.7. The third kappa shape index (κ3) is 9.93. The van der Waals surface area contributed by atoms with Crippen LogP contribution in [0.5, 0.6) is 11.5 Å². The van der Waals surface area contributed by atoms with Crippen molar-refractivity contribution in [2.45, 2.75) is 84.0 Å². The fourth-order valence-electron chi connectivity index (χ4n) is 5.92. The number of carbonyl (C=O) groups excluding carboxylic acids is 1. The first-order valence-electron chi connectivity index (χ1n) is 16.5. The van der Waals surface area contributed by atoms with Crippen molar-refractivity contribution < 1.29 is 18.7 Å². The van der Waals surface area contributed by atoms with Crippen LogP contribution >= 0.6 is 0 Å². The van der Waals surface area contributed by atoms with E-state index in [0.717, 1.165) is 37.7 Å². The molecule has 0 aliphatic heterocycles. The van der Waals surface area contributed by atoms with Gasteiger partial charge in [0.05, 0.1) is 12.8 Å². The SMILES string of the molecule is C=C/C=C(\C)C(=O)Nc1ccc(OC)cc1OC(CCCCC(CC=C)O[Si](c1ccccc1)(c1ccccc1)C(C)(C)C)C(=C)C. The van der Waals surface area contributed by atoms with Gasteiger partial charge in [0.15, 0.2) is 0 Å². The molecule has 2 atom stereocenters. The zero-order chi connectivity index (χ0) is 34.5. The number of hydrogen-bond donors (Lipinski definition) is 1. The number of methoxy groups -OCH3 is 1. The predicted octanol–water partition coefficient (Wildman–Crippen LogP) is 9.17. The molecule has 0 aliphatic rings. The second-order valence-electron chi connectivity index (χ2n) is 13.1. The van der Waals surface area contributed by atoms with Crippen LogP contribution in [0, 0.1) is 0 Å². The topological polar surface area (TPSA) is 56.8 Å². The monoisotopic (exact) mass is 651 g/mol. The van der Waals surface area contributed by atoms with Crippen LogP contribution in [-0.4, -0.2) is 33.5 Å². The highest BCUT2D eigenvalue weighted by molar-refractivity contribution is 6.99. The Morgan fingerprint density at radius 3 is 2.02 bits per heavy atom. The molecule has 0 saturated carbocycles. The molecule has 3 aromatic carbocycles. The molecule has 1 N–H and O–H groups in total. The van der Waals surface area contributed by atoms with E-state index < -0.39 is 8.32 Å². The average Bonchev–Trinajstić information content (AvgIpc) is 3.05. The zero-order valence-electron chi connectivity index (χ0n) is 29.2. The number of anilines is 1. The van der Waals surface area contributed by atoms with Gasteiger partial charge in [0.1, 0.15) is 17.6 Å². The Morgan fingerprint density at radius 1 is 0.915 bits per heavy atom. The van der Waals surface area contributed by atoms with E-state index in [0.29, 0.717) is 22.8 Å². The minimum Gasteiger partial charge on any atom is -0.497 e. The van der Waals surface area contributed by atoms with Gasteiger partial charge in [-0.1, -0.05) is 119 Å². The molecular formula is C41H53NO4Si. The number of hydrogen-bond acceptors (Lipinski definition) is 4. The van der Waals surface area contributed by atoms with E-state index in [4.69, 9.17) is 13.9 Å². The maximum atomic E-state index is 12.8. The van der Waals surface area contributed by atoms with Crippen molar-refractivity contribution in [3.8, 4) is 11.5 Å². The van der Waals surface area contributed by atoms with Gasteiger partial charge in [-0.25, -0.2) is 0 Å². The quantitative estimate of drug-likeness (QED) is 0.0490. The van der Waals surface area contributed by atoms with Gasteiger partial charge in [-0.2, -0.15) is 0 Å². The molecule has 3 rings (SSSR count). The third-order valence-electron chi connectivity index (χ3n) is 8.41. The zero-order valence-corrected chi connectivity index (χ0v) is 30.2. The smallest absolute Gasteiger partial charge is 0.261 e. The van der Waals surface area contributed by atoms with Crippen molar-refractivity contribution >= 4 is 30.3 Å². The first-order chi connectivity index (χ1) is 22.5. The lowest BCUT2D eigenvalue weighted by Gasteiger charge is -2.45. The minimum atomic E-state index is -2.69. The van der Waals surface area contributed by atoms with Crippen molar-refractivity contribution in [3.05, 3.63) is 128 Å². The lowest BCUT2D eigenvalue weighted by molar-refractivity contribution is -0.112. The fourth-order valence-corrected chi connectivity index (χ4v) is 10.6. The van der Waals surface area contributed by atoms with Crippen molar-refractivity contribution in [3.63, 3.8) is 0 Å². The largest absolute Gasteiger partial charge is 0.497 e. The van der Waals surface area contributed by atoms with E-state index in [1.807, 2.05) is 13.0 Å². The third-order valence-corrected chi connectivity index (χ3v) is 13.5. The number of unbranched alkanes of at least 4 members (excludes halogenated alkanes) is 1. The number of ether oxygens (including phenoxy) is 2. The van der Waals surface area contributed by atoms with E-state index in [9.17, 15) is 4.79 Å². The van der Waals surface area contributed by atoms with Crippen LogP contribution in [-0.2, 0) is 9.22 Å². The van der Waals surface area contributed by atoms with Crippen LogP contribution in [0.25, 0.3) is 0 Å². The van der Waals surface area contributed by atoms with E-state index in [1.54, 1.807) is 44.4 Å². The molecule has 6 heteroatoms. The molecular weight excluding hydrogens is 599 g/mol. The number of nitrogens with one attached hydrogen (secondary N) is 1. The number of rotatable bonds is 18. The second-order valence-corrected chi connectivity index (χ2v) is 17.3. The lowest BCUT2D eigenvalue weighted by Crippen LogP contribution is -2.67. The molecule has 0 radical (unpaired) electrons. The molecule has 250 valence electrons. The fraction of sp³-hybridized carbons (Fsp3) is 0.341. The summed E-state index contributed by atoms with van der Waals surface area (Å²) in [6, 6.07) is 26.9. The molecule has 0 spiro atoms. The maximum absolute atomic E-state index is 12.8. The van der Waals surface area contributed by atoms with Gasteiger partial charge in [-0.05, 0) is 72.6 Å². The molecule has 0 aliphatic carbocycles. The van der Waals surface area contributed by atoms with E-state index in [1.165, 1.54) is 10.4 Å². The van der Waals surface area contributed by atoms with Gasteiger partial charge < -0.3 is 19.2 Å². The molecule has 0 fully saturated rings. The van der Waals surface area contributed by atoms with Crippen molar-refractivity contribution in [1.82, 2.24) is 0 Å². The van der Waals surface area contributed by atoms with Gasteiger partial charge in [0.2, 0.25) is 0 Å². The molecule has 1 amide bonds. The number of allylic oxidation sites excluding steroid dienone is 2. The van der Waals surface area contributed by atoms with Crippen LogP contribution in [0.15, 0.2) is 128 Å². The first-order valence-corrected chi connectivity index (χ1v) is 18.4. The van der Waals surface area contributed by atoms with Gasteiger partial charge in [0.25, 0.3) is 14.2 Å². The molecule has 2 unspecified atom stereocenters. The maximum Gasteiger partial charge on any atom is 0.261 e. The summed E-state index contributed by atoms with van der Waals surface area (Å²) >= 11 is 0. The van der Waals surface area contributed by atoms with Crippen LogP contribution < -0.4 is 25.2 Å². The summed E-state index contributed by atoms with van der Waals surface area (Å²) in [4.78, 5) is 12.8. The summed E-state index contributed by atoms with van der Waals surface area (Å²) < 4.78 is 19.4. The number of carbonyl (C=O) groups is 1. The standard InChI is InChI=1S/C41H53NO4Si/c1-10-20-32(5)40(43)42-37-29-28-34(44-9)30-39(37)45-38(31(3)4)27-19-18-22-33(21-11-2)46-47(41(6,7)8,35-23-14-12-15-24-35)36-25-16-13-17-26-36/h10-17,20,23-26,28-30,33,38H,1-3,18-19,21-22,27H2,4-9H3,(H,42,43)/b32-20+. The van der Waals surface area contributed by atoms with E-state index >= 15 is 0 Å². The summed E-state index contributed by atoms with van der Waals surface area (Å²) in [6.07, 6.45) is 9.35. The van der Waals surface area contributed by atoms with E-state index in [-0.39, 0.29) is 23.2 Å². The summed E-state index contributed by atoms with van der Waals surface area (Å²) in [5, 5.41) is 5.42. The predicted molar refractivity (Wildman–Crippen MR) is 201 cm³/mol. The van der Waals surface area contributed by atoms with Crippen molar-refractivity contribution in [1.29, 1.82) is 0 Å². The highest BCUT2D eigenvalue weighted by Crippen LogP contribution is 2.39. The Bertz CT molecular complexity index is 1470. The highest BCUT2D eigenvalue weighted by Gasteiger charge is 2.51. The molecule has 0 aromatic heterocycles. The normalized spacial score (nSPS) is 13.3. The minimum absolute atomic E-state index is 0.0232. The molecule has 5 nitrogen and oxygen atoms in total. The Kier molecular flexibility index (Phi) is 14.1. The van der Waals surface area contributed by atoms with Crippen LogP contribution in [0.2, 0.25) is 5.04 Å². The van der Waals surface area contributed by atoms with Gasteiger partial charge in [0, 0.05) is 17.7 Å². The Hall–Kier alpha value is -4.13. The molecule has 0 bridgehead atoms. The average molecular weight is 652 g/mol. The first kappa shape index (κ1) is 37.3. The molecule has 47 heavy (non-hydrogen) atoms. The van der Waals surface area contributed by atoms with Crippen LogP contribution in [0.1, 0.15) is 66.7 Å². The summed E-state index contributed by atoms with van der Waals surface area (Å²) in [6.45, 7) is 22.7. The highest BCUT2D eigenvalue weighted by atomic mass is 28.4. The van der Waals surface area contributed by atoms with Gasteiger partial charge in [-0.3, -0.25) is 4.79 Å². The Balaban J connectivity index is 1.79.